The molecule has 0 spiro atoms. The van der Waals surface area contributed by atoms with Gasteiger partial charge in [-0.3, -0.25) is 0 Å². The van der Waals surface area contributed by atoms with Crippen molar-refractivity contribution in [1.29, 1.82) is 0 Å². The van der Waals surface area contributed by atoms with Gasteiger partial charge in [0, 0.05) is 0 Å². The van der Waals surface area contributed by atoms with Crippen molar-refractivity contribution in [3.8, 4) is 0 Å². The molecule has 0 bridgehead atoms. The van der Waals surface area contributed by atoms with E-state index in [0.29, 0.717) is 11.0 Å². The molecular formula is C9H13NO2S. The van der Waals surface area contributed by atoms with E-state index in [1.54, 1.807) is 13.1 Å². The minimum Gasteiger partial charge on any atom is -0.442 e. The van der Waals surface area contributed by atoms with Gasteiger partial charge in [-0.2, -0.15) is 0 Å². The fraction of sp³-hybridized carbons (Fsp3) is 0.667. The molecule has 1 aromatic rings. The molecule has 1 aromatic heterocycles. The van der Waals surface area contributed by atoms with Gasteiger partial charge in [0.2, 0.25) is 5.89 Å². The van der Waals surface area contributed by atoms with Crippen LogP contribution >= 0.6 is 11.8 Å². The number of aliphatic hydroxyl groups is 1. The quantitative estimate of drug-likeness (QED) is 0.793. The van der Waals surface area contributed by atoms with Crippen molar-refractivity contribution < 1.29 is 9.52 Å². The zero-order valence-electron chi connectivity index (χ0n) is 7.56. The maximum atomic E-state index is 9.24. The van der Waals surface area contributed by atoms with Crippen molar-refractivity contribution in [2.24, 2.45) is 0 Å². The summed E-state index contributed by atoms with van der Waals surface area (Å²) in [7, 11) is 0. The van der Waals surface area contributed by atoms with Crippen LogP contribution in [0.5, 0.6) is 0 Å². The summed E-state index contributed by atoms with van der Waals surface area (Å²) in [5, 5.41) is 9.65. The lowest BCUT2D eigenvalue weighted by Gasteiger charge is -2.02. The van der Waals surface area contributed by atoms with Gasteiger partial charge >= 0.3 is 0 Å². The van der Waals surface area contributed by atoms with E-state index >= 15 is 0 Å². The molecule has 1 aliphatic rings. The SMILES string of the molecule is CC(O)c1cnc(C2CCCS2)o1. The Balaban J connectivity index is 2.12. The lowest BCUT2D eigenvalue weighted by molar-refractivity contribution is 0.167. The minimum atomic E-state index is -0.548. The number of rotatable bonds is 2. The summed E-state index contributed by atoms with van der Waals surface area (Å²) in [6.07, 6.45) is 3.46. The summed E-state index contributed by atoms with van der Waals surface area (Å²) in [6, 6.07) is 0. The predicted octanol–water partition coefficient (Wildman–Crippen LogP) is 2.30. The molecule has 2 atom stereocenters. The molecule has 0 aromatic carbocycles. The predicted molar refractivity (Wildman–Crippen MR) is 51.6 cm³/mol. The average Bonchev–Trinajstić information content (AvgIpc) is 2.75. The standard InChI is InChI=1S/C9H13NO2S/c1-6(11)7-5-10-9(12-7)8-3-2-4-13-8/h5-6,8,11H,2-4H2,1H3. The van der Waals surface area contributed by atoms with Gasteiger partial charge in [0.05, 0.1) is 11.4 Å². The molecule has 1 saturated heterocycles. The Labute approximate surface area is 81.5 Å². The van der Waals surface area contributed by atoms with Gasteiger partial charge in [-0.05, 0) is 25.5 Å². The van der Waals surface area contributed by atoms with Gasteiger partial charge in [-0.25, -0.2) is 4.98 Å². The van der Waals surface area contributed by atoms with Crippen LogP contribution in [0.3, 0.4) is 0 Å². The molecule has 2 rings (SSSR count). The summed E-state index contributed by atoms with van der Waals surface area (Å²) >= 11 is 1.88. The van der Waals surface area contributed by atoms with Gasteiger partial charge in [0.25, 0.3) is 0 Å². The van der Waals surface area contributed by atoms with E-state index in [0.717, 1.165) is 12.3 Å². The molecule has 1 fully saturated rings. The van der Waals surface area contributed by atoms with Crippen LogP contribution in [-0.4, -0.2) is 15.8 Å². The number of hydrogen-bond donors (Lipinski definition) is 1. The monoisotopic (exact) mass is 199 g/mol. The first kappa shape index (κ1) is 9.09. The Morgan fingerprint density at radius 2 is 2.62 bits per heavy atom. The maximum absolute atomic E-state index is 9.24. The molecule has 0 aliphatic carbocycles. The molecule has 0 amide bonds. The Morgan fingerprint density at radius 1 is 1.77 bits per heavy atom. The van der Waals surface area contributed by atoms with Crippen molar-refractivity contribution in [1.82, 2.24) is 4.98 Å². The van der Waals surface area contributed by atoms with Crippen LogP contribution in [0.2, 0.25) is 0 Å². The Bertz CT molecular complexity index is 279. The highest BCUT2D eigenvalue weighted by atomic mass is 32.2. The lowest BCUT2D eigenvalue weighted by atomic mass is 10.2. The topological polar surface area (TPSA) is 46.3 Å². The zero-order valence-corrected chi connectivity index (χ0v) is 8.38. The first-order valence-electron chi connectivity index (χ1n) is 4.52. The van der Waals surface area contributed by atoms with Crippen LogP contribution in [0.1, 0.15) is 42.8 Å². The van der Waals surface area contributed by atoms with Crippen LogP contribution in [0.25, 0.3) is 0 Å². The molecule has 4 heteroatoms. The van der Waals surface area contributed by atoms with Crippen LogP contribution < -0.4 is 0 Å². The van der Waals surface area contributed by atoms with Crippen molar-refractivity contribution in [3.05, 3.63) is 17.8 Å². The van der Waals surface area contributed by atoms with Gasteiger partial charge < -0.3 is 9.52 Å². The maximum Gasteiger partial charge on any atom is 0.207 e. The summed E-state index contributed by atoms with van der Waals surface area (Å²) in [5.74, 6) is 2.54. The highest BCUT2D eigenvalue weighted by molar-refractivity contribution is 7.99. The molecule has 0 saturated carbocycles. The Hall–Kier alpha value is -0.480. The summed E-state index contributed by atoms with van der Waals surface area (Å²) < 4.78 is 5.45. The van der Waals surface area contributed by atoms with E-state index in [-0.39, 0.29) is 0 Å². The van der Waals surface area contributed by atoms with E-state index in [2.05, 4.69) is 4.98 Å². The summed E-state index contributed by atoms with van der Waals surface area (Å²) in [4.78, 5) is 4.17. The van der Waals surface area contributed by atoms with Crippen molar-refractivity contribution in [3.63, 3.8) is 0 Å². The summed E-state index contributed by atoms with van der Waals surface area (Å²) in [6.45, 7) is 1.69. The van der Waals surface area contributed by atoms with Crippen LogP contribution in [0.15, 0.2) is 10.6 Å². The molecule has 1 aliphatic heterocycles. The lowest BCUT2D eigenvalue weighted by Crippen LogP contribution is -1.88. The van der Waals surface area contributed by atoms with E-state index in [9.17, 15) is 5.11 Å². The molecule has 2 unspecified atom stereocenters. The van der Waals surface area contributed by atoms with Crippen LogP contribution in [-0.2, 0) is 0 Å². The van der Waals surface area contributed by atoms with Gasteiger partial charge in [-0.1, -0.05) is 0 Å². The van der Waals surface area contributed by atoms with E-state index in [4.69, 9.17) is 4.42 Å². The van der Waals surface area contributed by atoms with Gasteiger partial charge in [-0.15, -0.1) is 11.8 Å². The van der Waals surface area contributed by atoms with Gasteiger partial charge in [0.1, 0.15) is 6.10 Å². The Morgan fingerprint density at radius 3 is 3.15 bits per heavy atom. The molecule has 3 nitrogen and oxygen atoms in total. The third-order valence-electron chi connectivity index (χ3n) is 2.16. The fourth-order valence-corrected chi connectivity index (χ4v) is 2.62. The number of nitrogens with zero attached hydrogens (tertiary/aromatic N) is 1. The molecule has 72 valence electrons. The highest BCUT2D eigenvalue weighted by Crippen LogP contribution is 2.39. The number of aliphatic hydroxyl groups excluding tert-OH is 1. The molecule has 2 heterocycles. The molecular weight excluding hydrogens is 186 g/mol. The molecule has 13 heavy (non-hydrogen) atoms. The fourth-order valence-electron chi connectivity index (χ4n) is 1.42. The zero-order chi connectivity index (χ0) is 9.26. The number of oxazole rings is 1. The number of hydrogen-bond acceptors (Lipinski definition) is 4. The van der Waals surface area contributed by atoms with Crippen molar-refractivity contribution in [2.75, 3.05) is 5.75 Å². The van der Waals surface area contributed by atoms with Crippen molar-refractivity contribution in [2.45, 2.75) is 31.1 Å². The van der Waals surface area contributed by atoms with Crippen LogP contribution in [0, 0.1) is 0 Å². The smallest absolute Gasteiger partial charge is 0.207 e. The second-order valence-electron chi connectivity index (χ2n) is 3.28. The Kier molecular flexibility index (Phi) is 2.60. The largest absolute Gasteiger partial charge is 0.442 e. The van der Waals surface area contributed by atoms with Gasteiger partial charge in [0.15, 0.2) is 5.76 Å². The van der Waals surface area contributed by atoms with Crippen molar-refractivity contribution >= 4 is 11.8 Å². The first-order valence-corrected chi connectivity index (χ1v) is 5.57. The second kappa shape index (κ2) is 3.72. The first-order chi connectivity index (χ1) is 6.27. The normalized spacial score (nSPS) is 24.9. The van der Waals surface area contributed by atoms with E-state index in [1.165, 1.54) is 12.2 Å². The number of thioether (sulfide) groups is 1. The van der Waals surface area contributed by atoms with E-state index < -0.39 is 6.10 Å². The third-order valence-corrected chi connectivity index (χ3v) is 3.52. The van der Waals surface area contributed by atoms with Crippen LogP contribution in [0.4, 0.5) is 0 Å². The molecule has 0 radical (unpaired) electrons. The number of aromatic nitrogens is 1. The third kappa shape index (κ3) is 1.89. The van der Waals surface area contributed by atoms with E-state index in [1.807, 2.05) is 11.8 Å². The second-order valence-corrected chi connectivity index (χ2v) is 4.59. The molecule has 1 N–H and O–H groups in total. The average molecular weight is 199 g/mol. The highest BCUT2D eigenvalue weighted by Gasteiger charge is 2.22. The minimum absolute atomic E-state index is 0.410. The summed E-state index contributed by atoms with van der Waals surface area (Å²) in [5.41, 5.74) is 0.